The lowest BCUT2D eigenvalue weighted by molar-refractivity contribution is -0.168. The smallest absolute Gasteiger partial charge is 0.336 e. The van der Waals surface area contributed by atoms with Gasteiger partial charge in [-0.2, -0.15) is 0 Å². The maximum absolute atomic E-state index is 12.3. The number of fused-ring (bicyclic) bond motifs is 1. The molecule has 0 unspecified atom stereocenters. The van der Waals surface area contributed by atoms with Gasteiger partial charge in [-0.05, 0) is 31.9 Å². The molecule has 148 valence electrons. The van der Waals surface area contributed by atoms with E-state index in [0.717, 1.165) is 0 Å². The molecule has 0 spiro atoms. The van der Waals surface area contributed by atoms with Crippen molar-refractivity contribution in [1.29, 1.82) is 0 Å². The lowest BCUT2D eigenvalue weighted by Crippen LogP contribution is -2.42. The molecular formula is C20H26O7. The maximum atomic E-state index is 12.3. The summed E-state index contributed by atoms with van der Waals surface area (Å²) in [6.07, 6.45) is -2.40. The van der Waals surface area contributed by atoms with Crippen molar-refractivity contribution in [2.45, 2.75) is 51.9 Å². The van der Waals surface area contributed by atoms with Gasteiger partial charge >= 0.3 is 11.6 Å². The largest absolute Gasteiger partial charge is 0.496 e. The highest BCUT2D eigenvalue weighted by molar-refractivity contribution is 5.80. The van der Waals surface area contributed by atoms with Crippen LogP contribution >= 0.6 is 0 Å². The van der Waals surface area contributed by atoms with Crippen LogP contribution in [0.2, 0.25) is 0 Å². The van der Waals surface area contributed by atoms with E-state index in [-0.39, 0.29) is 18.1 Å². The van der Waals surface area contributed by atoms with Gasteiger partial charge in [-0.25, -0.2) is 4.79 Å². The topological polar surface area (TPSA) is 106 Å². The Morgan fingerprint density at radius 1 is 1.26 bits per heavy atom. The lowest BCUT2D eigenvalue weighted by Gasteiger charge is -2.32. The van der Waals surface area contributed by atoms with Gasteiger partial charge in [0, 0.05) is 29.5 Å². The number of rotatable bonds is 7. The molecule has 7 nitrogen and oxygen atoms in total. The zero-order valence-corrected chi connectivity index (χ0v) is 16.2. The average Bonchev–Trinajstić information content (AvgIpc) is 2.56. The second-order valence-corrected chi connectivity index (χ2v) is 7.49. The SMILES string of the molecule is COc1cc2oc(=O)ccc2cc1[C@H](OC(=O)CC(C)C)[C@@H](O)C(C)(C)O. The standard InChI is InChI=1S/C20H26O7/c1-11(2)8-17(22)27-18(19(23)20(3,4)24)13-9-12-6-7-16(21)26-14(12)10-15(13)25-5/h6-7,9-11,18-19,23-24H,8H2,1-5H3/t18-,19+/m0/s1. The second-order valence-electron chi connectivity index (χ2n) is 7.49. The summed E-state index contributed by atoms with van der Waals surface area (Å²) in [6.45, 7) is 6.60. The first-order valence-electron chi connectivity index (χ1n) is 8.74. The number of ether oxygens (including phenoxy) is 2. The molecule has 27 heavy (non-hydrogen) atoms. The van der Waals surface area contributed by atoms with E-state index in [1.807, 2.05) is 13.8 Å². The second kappa shape index (κ2) is 8.10. The van der Waals surface area contributed by atoms with E-state index >= 15 is 0 Å². The van der Waals surface area contributed by atoms with Crippen LogP contribution in [0.1, 0.15) is 45.8 Å². The number of carbonyl (C=O) groups is 1. The Labute approximate surface area is 157 Å². The molecule has 1 heterocycles. The number of aliphatic hydroxyl groups is 2. The number of esters is 1. The van der Waals surface area contributed by atoms with Gasteiger partial charge in [0.05, 0.1) is 12.7 Å². The van der Waals surface area contributed by atoms with Crippen molar-refractivity contribution in [2.75, 3.05) is 7.11 Å². The number of hydrogen-bond acceptors (Lipinski definition) is 7. The summed E-state index contributed by atoms with van der Waals surface area (Å²) in [5.41, 5.74) is -1.38. The van der Waals surface area contributed by atoms with E-state index in [1.54, 1.807) is 12.1 Å². The summed E-state index contributed by atoms with van der Waals surface area (Å²) in [4.78, 5) is 23.7. The average molecular weight is 378 g/mol. The van der Waals surface area contributed by atoms with Gasteiger partial charge in [0.1, 0.15) is 17.4 Å². The molecule has 1 aromatic carbocycles. The van der Waals surface area contributed by atoms with Gasteiger partial charge in [0.25, 0.3) is 0 Å². The first-order chi connectivity index (χ1) is 12.5. The van der Waals surface area contributed by atoms with Gasteiger partial charge in [-0.15, -0.1) is 0 Å². The van der Waals surface area contributed by atoms with Crippen LogP contribution < -0.4 is 10.4 Å². The maximum Gasteiger partial charge on any atom is 0.336 e. The minimum absolute atomic E-state index is 0.0743. The normalized spacial score (nSPS) is 14.2. The minimum Gasteiger partial charge on any atom is -0.496 e. The van der Waals surface area contributed by atoms with Crippen molar-refractivity contribution >= 4 is 16.9 Å². The van der Waals surface area contributed by atoms with E-state index in [1.165, 1.54) is 33.1 Å². The number of aliphatic hydroxyl groups excluding tert-OH is 1. The quantitative estimate of drug-likeness (QED) is 0.563. The Bertz CT molecular complexity index is 861. The molecule has 0 bridgehead atoms. The summed E-state index contributed by atoms with van der Waals surface area (Å²) in [6, 6.07) is 5.93. The molecule has 0 saturated carbocycles. The predicted molar refractivity (Wildman–Crippen MR) is 99.6 cm³/mol. The van der Waals surface area contributed by atoms with Crippen molar-refractivity contribution in [3.05, 3.63) is 40.2 Å². The van der Waals surface area contributed by atoms with Crippen molar-refractivity contribution < 1.29 is 28.9 Å². The monoisotopic (exact) mass is 378 g/mol. The first-order valence-corrected chi connectivity index (χ1v) is 8.74. The van der Waals surface area contributed by atoms with Gasteiger partial charge in [-0.1, -0.05) is 13.8 Å². The van der Waals surface area contributed by atoms with E-state index in [4.69, 9.17) is 13.9 Å². The molecule has 2 N–H and O–H groups in total. The van der Waals surface area contributed by atoms with Crippen LogP contribution in [-0.4, -0.2) is 35.0 Å². The van der Waals surface area contributed by atoms with Crippen molar-refractivity contribution in [3.63, 3.8) is 0 Å². The Balaban J connectivity index is 2.57. The molecule has 0 saturated heterocycles. The number of benzene rings is 1. The number of hydrogen-bond donors (Lipinski definition) is 2. The van der Waals surface area contributed by atoms with E-state index in [9.17, 15) is 19.8 Å². The summed E-state index contributed by atoms with van der Waals surface area (Å²) in [5.74, 6) is -0.159. The highest BCUT2D eigenvalue weighted by Crippen LogP contribution is 2.37. The molecule has 0 aliphatic carbocycles. The molecule has 0 aliphatic heterocycles. The Morgan fingerprint density at radius 2 is 1.93 bits per heavy atom. The summed E-state index contributed by atoms with van der Waals surface area (Å²) in [5, 5.41) is 21.5. The zero-order valence-electron chi connectivity index (χ0n) is 16.2. The number of methoxy groups -OCH3 is 1. The molecule has 0 amide bonds. The third-order valence-electron chi connectivity index (χ3n) is 4.12. The van der Waals surface area contributed by atoms with Crippen LogP contribution in [0.15, 0.2) is 33.5 Å². The molecule has 2 aromatic rings. The van der Waals surface area contributed by atoms with Crippen LogP contribution in [-0.2, 0) is 9.53 Å². The van der Waals surface area contributed by atoms with E-state index in [2.05, 4.69) is 0 Å². The fraction of sp³-hybridized carbons (Fsp3) is 0.500. The number of carbonyl (C=O) groups excluding carboxylic acids is 1. The fourth-order valence-electron chi connectivity index (χ4n) is 2.71. The molecule has 7 heteroatoms. The van der Waals surface area contributed by atoms with Crippen LogP contribution in [0.4, 0.5) is 0 Å². The highest BCUT2D eigenvalue weighted by Gasteiger charge is 2.38. The van der Waals surface area contributed by atoms with Gasteiger partial charge in [-0.3, -0.25) is 4.79 Å². The minimum atomic E-state index is -1.54. The van der Waals surface area contributed by atoms with Crippen LogP contribution in [0.5, 0.6) is 5.75 Å². The molecular weight excluding hydrogens is 352 g/mol. The summed E-state index contributed by atoms with van der Waals surface area (Å²) < 4.78 is 16.0. The van der Waals surface area contributed by atoms with Crippen LogP contribution in [0.25, 0.3) is 11.0 Å². The van der Waals surface area contributed by atoms with Crippen molar-refractivity contribution in [3.8, 4) is 5.75 Å². The molecule has 0 radical (unpaired) electrons. The zero-order chi connectivity index (χ0) is 20.4. The Morgan fingerprint density at radius 3 is 2.48 bits per heavy atom. The first kappa shape index (κ1) is 20.9. The fourth-order valence-corrected chi connectivity index (χ4v) is 2.71. The highest BCUT2D eigenvalue weighted by atomic mass is 16.6. The Kier molecular flexibility index (Phi) is 6.28. The molecule has 2 rings (SSSR count). The predicted octanol–water partition coefficient (Wildman–Crippen LogP) is 2.56. The van der Waals surface area contributed by atoms with Gasteiger partial charge in [0.15, 0.2) is 6.10 Å². The Hall–Kier alpha value is -2.38. The lowest BCUT2D eigenvalue weighted by atomic mass is 9.91. The van der Waals surface area contributed by atoms with Crippen molar-refractivity contribution in [2.24, 2.45) is 5.92 Å². The summed E-state index contributed by atoms with van der Waals surface area (Å²) in [7, 11) is 1.41. The van der Waals surface area contributed by atoms with E-state index in [0.29, 0.717) is 16.5 Å². The van der Waals surface area contributed by atoms with E-state index < -0.39 is 29.4 Å². The van der Waals surface area contributed by atoms with Crippen molar-refractivity contribution in [1.82, 2.24) is 0 Å². The molecule has 0 fully saturated rings. The van der Waals surface area contributed by atoms with Gasteiger partial charge in [0.2, 0.25) is 0 Å². The van der Waals surface area contributed by atoms with Crippen LogP contribution in [0.3, 0.4) is 0 Å². The van der Waals surface area contributed by atoms with Gasteiger partial charge < -0.3 is 24.1 Å². The third kappa shape index (κ3) is 5.08. The molecule has 2 atom stereocenters. The third-order valence-corrected chi connectivity index (χ3v) is 4.12. The molecule has 0 aliphatic rings. The summed E-state index contributed by atoms with van der Waals surface area (Å²) >= 11 is 0. The van der Waals surface area contributed by atoms with Crippen LogP contribution in [0, 0.1) is 5.92 Å². The molecule has 1 aromatic heterocycles.